The fourth-order valence-corrected chi connectivity index (χ4v) is 2.77. The van der Waals surface area contributed by atoms with Gasteiger partial charge in [-0.15, -0.1) is 0 Å². The van der Waals surface area contributed by atoms with Crippen LogP contribution in [0.25, 0.3) is 0 Å². The maximum absolute atomic E-state index is 12.2. The van der Waals surface area contributed by atoms with Crippen molar-refractivity contribution < 1.29 is 19.0 Å². The summed E-state index contributed by atoms with van der Waals surface area (Å²) in [6.45, 7) is 7.76. The Morgan fingerprint density at radius 3 is 2.11 bits per heavy atom. The molecule has 0 aromatic heterocycles. The summed E-state index contributed by atoms with van der Waals surface area (Å²) >= 11 is 0. The maximum Gasteiger partial charge on any atom is 0.341 e. The summed E-state index contributed by atoms with van der Waals surface area (Å²) in [6, 6.07) is 13.8. The summed E-state index contributed by atoms with van der Waals surface area (Å²) in [5.74, 6) is 1.22. The van der Waals surface area contributed by atoms with Crippen molar-refractivity contribution in [2.24, 2.45) is 0 Å². The highest BCUT2D eigenvalue weighted by Gasteiger charge is 2.14. The Kier molecular flexibility index (Phi) is 9.40. The van der Waals surface area contributed by atoms with Gasteiger partial charge in [-0.2, -0.15) is 0 Å². The fraction of sp³-hybridized carbons (Fsp3) is 0.458. The molecule has 2 rings (SSSR count). The third-order valence-corrected chi connectivity index (χ3v) is 4.38. The van der Waals surface area contributed by atoms with Gasteiger partial charge in [-0.25, -0.2) is 4.79 Å². The molecule has 2 aromatic rings. The van der Waals surface area contributed by atoms with Crippen LogP contribution in [0.5, 0.6) is 11.5 Å². The summed E-state index contributed by atoms with van der Waals surface area (Å²) in [7, 11) is 0. The Morgan fingerprint density at radius 1 is 0.786 bits per heavy atom. The Labute approximate surface area is 168 Å². The second kappa shape index (κ2) is 12.1. The van der Waals surface area contributed by atoms with Gasteiger partial charge in [0.25, 0.3) is 0 Å². The van der Waals surface area contributed by atoms with E-state index in [1.54, 1.807) is 0 Å². The highest BCUT2D eigenvalue weighted by atomic mass is 16.5. The molecule has 0 bridgehead atoms. The molecule has 152 valence electrons. The predicted octanol–water partition coefficient (Wildman–Crippen LogP) is 5.89. The molecule has 0 amide bonds. The molecule has 0 fully saturated rings. The number of hydrogen-bond donors (Lipinski definition) is 0. The quantitative estimate of drug-likeness (QED) is 0.338. The van der Waals surface area contributed by atoms with E-state index in [1.165, 1.54) is 5.56 Å². The smallest absolute Gasteiger partial charge is 0.341 e. The molecule has 0 aliphatic heterocycles. The number of aryl methyl sites for hydroxylation is 2. The number of esters is 1. The first-order valence-electron chi connectivity index (χ1n) is 10.2. The van der Waals surface area contributed by atoms with E-state index in [0.29, 0.717) is 24.5 Å². The lowest BCUT2D eigenvalue weighted by molar-refractivity contribution is 0.0500. The summed E-state index contributed by atoms with van der Waals surface area (Å²) in [6.07, 6.45) is 4.93. The molecular formula is C24H32O4. The topological polar surface area (TPSA) is 44.8 Å². The lowest BCUT2D eigenvalue weighted by Crippen LogP contribution is -2.09. The van der Waals surface area contributed by atoms with Crippen LogP contribution in [0.3, 0.4) is 0 Å². The molecule has 0 aliphatic carbocycles. The molecule has 0 atom stereocenters. The molecule has 0 radical (unpaired) electrons. The largest absolute Gasteiger partial charge is 0.494 e. The van der Waals surface area contributed by atoms with E-state index in [1.807, 2.05) is 44.2 Å². The standard InChI is InChI=1S/C24H32O4/c1-4-15-28-24(25)22-18-20(3)11-14-23(22)27-17-8-6-5-7-16-26-21-12-9-19(2)10-13-21/h9-14,18H,4-8,15-17H2,1-3H3. The van der Waals surface area contributed by atoms with Crippen LogP contribution in [-0.2, 0) is 4.74 Å². The minimum Gasteiger partial charge on any atom is -0.494 e. The average Bonchev–Trinajstić information content (AvgIpc) is 2.70. The van der Waals surface area contributed by atoms with Crippen molar-refractivity contribution in [1.29, 1.82) is 0 Å². The van der Waals surface area contributed by atoms with Crippen LogP contribution in [0.4, 0.5) is 0 Å². The Bertz CT molecular complexity index is 722. The van der Waals surface area contributed by atoms with Crippen LogP contribution in [0.2, 0.25) is 0 Å². The van der Waals surface area contributed by atoms with E-state index >= 15 is 0 Å². The lowest BCUT2D eigenvalue weighted by Gasteiger charge is -2.12. The van der Waals surface area contributed by atoms with E-state index in [4.69, 9.17) is 14.2 Å². The third kappa shape index (κ3) is 7.63. The van der Waals surface area contributed by atoms with E-state index < -0.39 is 0 Å². The van der Waals surface area contributed by atoms with Gasteiger partial charge in [0.2, 0.25) is 0 Å². The zero-order chi connectivity index (χ0) is 20.2. The molecule has 4 heteroatoms. The first-order valence-corrected chi connectivity index (χ1v) is 10.2. The van der Waals surface area contributed by atoms with Crippen molar-refractivity contribution >= 4 is 5.97 Å². The van der Waals surface area contributed by atoms with Crippen LogP contribution >= 0.6 is 0 Å². The van der Waals surface area contributed by atoms with Gasteiger partial charge in [0.15, 0.2) is 0 Å². The average molecular weight is 385 g/mol. The van der Waals surface area contributed by atoms with Crippen molar-refractivity contribution in [1.82, 2.24) is 0 Å². The van der Waals surface area contributed by atoms with Gasteiger partial charge in [-0.05, 0) is 70.2 Å². The molecule has 4 nitrogen and oxygen atoms in total. The number of hydrogen-bond acceptors (Lipinski definition) is 4. The van der Waals surface area contributed by atoms with E-state index in [-0.39, 0.29) is 5.97 Å². The lowest BCUT2D eigenvalue weighted by atomic mass is 10.1. The van der Waals surface area contributed by atoms with Crippen LogP contribution in [-0.4, -0.2) is 25.8 Å². The van der Waals surface area contributed by atoms with Crippen molar-refractivity contribution in [2.75, 3.05) is 19.8 Å². The molecule has 28 heavy (non-hydrogen) atoms. The fourth-order valence-electron chi connectivity index (χ4n) is 2.77. The molecule has 0 spiro atoms. The molecule has 2 aromatic carbocycles. The minimum atomic E-state index is -0.311. The summed E-state index contributed by atoms with van der Waals surface area (Å²) in [5.41, 5.74) is 2.77. The molecule has 0 unspecified atom stereocenters. The summed E-state index contributed by atoms with van der Waals surface area (Å²) in [4.78, 5) is 12.2. The summed E-state index contributed by atoms with van der Waals surface area (Å²) < 4.78 is 16.8. The van der Waals surface area contributed by atoms with Gasteiger partial charge in [0.05, 0.1) is 19.8 Å². The van der Waals surface area contributed by atoms with Gasteiger partial charge in [0.1, 0.15) is 17.1 Å². The van der Waals surface area contributed by atoms with Gasteiger partial charge in [0, 0.05) is 0 Å². The van der Waals surface area contributed by atoms with E-state index in [9.17, 15) is 4.79 Å². The monoisotopic (exact) mass is 384 g/mol. The van der Waals surface area contributed by atoms with Gasteiger partial charge < -0.3 is 14.2 Å². The Balaban J connectivity index is 1.65. The van der Waals surface area contributed by atoms with E-state index in [2.05, 4.69) is 19.1 Å². The van der Waals surface area contributed by atoms with Gasteiger partial charge in [-0.1, -0.05) is 36.2 Å². The first-order chi connectivity index (χ1) is 13.6. The molecule has 0 saturated heterocycles. The van der Waals surface area contributed by atoms with Crippen LogP contribution < -0.4 is 9.47 Å². The van der Waals surface area contributed by atoms with Crippen molar-refractivity contribution in [2.45, 2.75) is 52.9 Å². The number of benzene rings is 2. The van der Waals surface area contributed by atoms with E-state index in [0.717, 1.165) is 50.0 Å². The zero-order valence-corrected chi connectivity index (χ0v) is 17.3. The zero-order valence-electron chi connectivity index (χ0n) is 17.3. The highest BCUT2D eigenvalue weighted by molar-refractivity contribution is 5.92. The SMILES string of the molecule is CCCOC(=O)c1cc(C)ccc1OCCCCCCOc1ccc(C)cc1. The molecule has 0 heterocycles. The van der Waals surface area contributed by atoms with Gasteiger partial charge in [-0.3, -0.25) is 0 Å². The number of rotatable bonds is 12. The number of carbonyl (C=O) groups is 1. The normalized spacial score (nSPS) is 10.5. The molecule has 0 N–H and O–H groups in total. The molecule has 0 saturated carbocycles. The van der Waals surface area contributed by atoms with Crippen LogP contribution in [0.15, 0.2) is 42.5 Å². The number of carbonyl (C=O) groups excluding carboxylic acids is 1. The van der Waals surface area contributed by atoms with Crippen LogP contribution in [0.1, 0.15) is 60.5 Å². The Hall–Kier alpha value is -2.49. The molecule has 0 aliphatic rings. The van der Waals surface area contributed by atoms with Crippen molar-refractivity contribution in [3.8, 4) is 11.5 Å². The van der Waals surface area contributed by atoms with Crippen molar-refractivity contribution in [3.05, 3.63) is 59.2 Å². The molecular weight excluding hydrogens is 352 g/mol. The number of ether oxygens (including phenoxy) is 3. The maximum atomic E-state index is 12.2. The van der Waals surface area contributed by atoms with Gasteiger partial charge >= 0.3 is 5.97 Å². The Morgan fingerprint density at radius 2 is 1.43 bits per heavy atom. The third-order valence-electron chi connectivity index (χ3n) is 4.38. The van der Waals surface area contributed by atoms with Crippen LogP contribution in [0, 0.1) is 13.8 Å². The second-order valence-electron chi connectivity index (χ2n) is 7.06. The highest BCUT2D eigenvalue weighted by Crippen LogP contribution is 2.22. The number of unbranched alkanes of at least 4 members (excludes halogenated alkanes) is 3. The first kappa shape index (κ1) is 21.8. The predicted molar refractivity (Wildman–Crippen MR) is 112 cm³/mol. The summed E-state index contributed by atoms with van der Waals surface area (Å²) in [5, 5.41) is 0. The minimum absolute atomic E-state index is 0.311. The second-order valence-corrected chi connectivity index (χ2v) is 7.06. The van der Waals surface area contributed by atoms with Crippen molar-refractivity contribution in [3.63, 3.8) is 0 Å².